The van der Waals surface area contributed by atoms with E-state index < -0.39 is 14.4 Å². The monoisotopic (exact) mass is 320 g/mol. The highest BCUT2D eigenvalue weighted by molar-refractivity contribution is 6.74. The Balaban J connectivity index is 3.00. The van der Waals surface area contributed by atoms with Crippen LogP contribution in [-0.2, 0) is 4.43 Å². The molecular formula is C19H32O2Si. The van der Waals surface area contributed by atoms with Gasteiger partial charge in [-0.2, -0.15) is 0 Å². The SMILES string of the molecule is C=C[C@H](C)[C@H](O)C[C@H](O[Si](C)(C)C(C)(C)C)c1ccccc1. The number of benzene rings is 1. The minimum Gasteiger partial charge on any atom is -0.410 e. The Morgan fingerprint density at radius 1 is 1.23 bits per heavy atom. The second-order valence-electron chi connectivity index (χ2n) is 7.68. The Labute approximate surface area is 137 Å². The van der Waals surface area contributed by atoms with Crippen LogP contribution in [0.1, 0.15) is 45.8 Å². The fourth-order valence-corrected chi connectivity index (χ4v) is 3.34. The van der Waals surface area contributed by atoms with Crippen molar-refractivity contribution in [1.82, 2.24) is 0 Å². The molecule has 1 aromatic rings. The Kier molecular flexibility index (Phi) is 6.60. The molecule has 0 heterocycles. The fraction of sp³-hybridized carbons (Fsp3) is 0.579. The van der Waals surface area contributed by atoms with Gasteiger partial charge in [0.15, 0.2) is 8.32 Å². The van der Waals surface area contributed by atoms with Crippen molar-refractivity contribution in [3.8, 4) is 0 Å². The van der Waals surface area contributed by atoms with Gasteiger partial charge in [-0.15, -0.1) is 6.58 Å². The molecule has 3 atom stereocenters. The zero-order chi connectivity index (χ0) is 17.0. The Morgan fingerprint density at radius 3 is 2.23 bits per heavy atom. The molecular weight excluding hydrogens is 288 g/mol. The third-order valence-electron chi connectivity index (χ3n) is 4.85. The highest BCUT2D eigenvalue weighted by Crippen LogP contribution is 2.41. The second-order valence-corrected chi connectivity index (χ2v) is 12.4. The zero-order valence-corrected chi connectivity index (χ0v) is 16.0. The van der Waals surface area contributed by atoms with Crippen LogP contribution in [0.5, 0.6) is 0 Å². The van der Waals surface area contributed by atoms with Crippen molar-refractivity contribution in [2.24, 2.45) is 5.92 Å². The summed E-state index contributed by atoms with van der Waals surface area (Å²) in [5.74, 6) is 0.0641. The maximum absolute atomic E-state index is 10.4. The summed E-state index contributed by atoms with van der Waals surface area (Å²) in [4.78, 5) is 0. The highest BCUT2D eigenvalue weighted by atomic mass is 28.4. The van der Waals surface area contributed by atoms with E-state index in [4.69, 9.17) is 4.43 Å². The molecule has 0 amide bonds. The van der Waals surface area contributed by atoms with Crippen molar-refractivity contribution >= 4 is 8.32 Å². The third kappa shape index (κ3) is 5.08. The van der Waals surface area contributed by atoms with Gasteiger partial charge in [0.05, 0.1) is 12.2 Å². The van der Waals surface area contributed by atoms with Crippen molar-refractivity contribution < 1.29 is 9.53 Å². The molecule has 0 spiro atoms. The molecule has 0 bridgehead atoms. The van der Waals surface area contributed by atoms with Crippen molar-refractivity contribution in [3.63, 3.8) is 0 Å². The van der Waals surface area contributed by atoms with E-state index in [2.05, 4.69) is 52.6 Å². The lowest BCUT2D eigenvalue weighted by molar-refractivity contribution is 0.0653. The average Bonchev–Trinajstić information content (AvgIpc) is 2.45. The Morgan fingerprint density at radius 2 is 1.77 bits per heavy atom. The van der Waals surface area contributed by atoms with Gasteiger partial charge in [-0.25, -0.2) is 0 Å². The molecule has 1 N–H and O–H groups in total. The Hall–Kier alpha value is -0.903. The van der Waals surface area contributed by atoms with Gasteiger partial charge in [-0.3, -0.25) is 0 Å². The number of aliphatic hydroxyl groups excluding tert-OH is 1. The molecule has 0 saturated heterocycles. The first-order valence-corrected chi connectivity index (χ1v) is 11.0. The summed E-state index contributed by atoms with van der Waals surface area (Å²) in [7, 11) is -1.90. The lowest BCUT2D eigenvalue weighted by atomic mass is 9.96. The van der Waals surface area contributed by atoms with Gasteiger partial charge >= 0.3 is 0 Å². The fourth-order valence-electron chi connectivity index (χ4n) is 2.04. The lowest BCUT2D eigenvalue weighted by Crippen LogP contribution is -2.42. The van der Waals surface area contributed by atoms with E-state index in [1.54, 1.807) is 6.08 Å². The summed E-state index contributed by atoms with van der Waals surface area (Å²) < 4.78 is 6.60. The van der Waals surface area contributed by atoms with Crippen LogP contribution in [0, 0.1) is 5.92 Å². The molecule has 0 aromatic heterocycles. The molecule has 0 unspecified atom stereocenters. The van der Waals surface area contributed by atoms with E-state index in [1.165, 1.54) is 0 Å². The average molecular weight is 321 g/mol. The summed E-state index contributed by atoms with van der Waals surface area (Å²) in [5.41, 5.74) is 1.14. The quantitative estimate of drug-likeness (QED) is 0.544. The van der Waals surface area contributed by atoms with E-state index in [0.717, 1.165) is 5.56 Å². The molecule has 0 aliphatic heterocycles. The number of aliphatic hydroxyl groups is 1. The van der Waals surface area contributed by atoms with Crippen LogP contribution in [0.4, 0.5) is 0 Å². The molecule has 0 aliphatic carbocycles. The molecule has 2 nitrogen and oxygen atoms in total. The van der Waals surface area contributed by atoms with Gasteiger partial charge in [0.25, 0.3) is 0 Å². The molecule has 124 valence electrons. The van der Waals surface area contributed by atoms with Crippen LogP contribution in [0.3, 0.4) is 0 Å². The normalized spacial score (nSPS) is 16.9. The first-order valence-electron chi connectivity index (χ1n) is 8.12. The molecule has 22 heavy (non-hydrogen) atoms. The number of rotatable bonds is 7. The minimum atomic E-state index is -1.90. The first-order chi connectivity index (χ1) is 10.1. The maximum atomic E-state index is 10.4. The lowest BCUT2D eigenvalue weighted by Gasteiger charge is -2.40. The smallest absolute Gasteiger partial charge is 0.192 e. The second kappa shape index (κ2) is 7.58. The van der Waals surface area contributed by atoms with Gasteiger partial charge in [-0.05, 0) is 29.6 Å². The molecule has 1 rings (SSSR count). The van der Waals surface area contributed by atoms with Gasteiger partial charge in [0.1, 0.15) is 0 Å². The standard InChI is InChI=1S/C19H32O2Si/c1-8-15(2)17(20)14-18(16-12-10-9-11-13-16)21-22(6,7)19(3,4)5/h8-13,15,17-18,20H,1,14H2,2-7H3/t15-,17+,18-/m0/s1. The van der Waals surface area contributed by atoms with E-state index in [0.29, 0.717) is 6.42 Å². The summed E-state index contributed by atoms with van der Waals surface area (Å²) in [5, 5.41) is 10.6. The maximum Gasteiger partial charge on any atom is 0.192 e. The predicted molar refractivity (Wildman–Crippen MR) is 97.4 cm³/mol. The van der Waals surface area contributed by atoms with E-state index >= 15 is 0 Å². The van der Waals surface area contributed by atoms with E-state index in [-0.39, 0.29) is 17.1 Å². The predicted octanol–water partition coefficient (Wildman–Crippen LogP) is 5.32. The van der Waals surface area contributed by atoms with Crippen molar-refractivity contribution in [3.05, 3.63) is 48.6 Å². The van der Waals surface area contributed by atoms with Gasteiger partial charge < -0.3 is 9.53 Å². The molecule has 1 aromatic carbocycles. The largest absolute Gasteiger partial charge is 0.410 e. The van der Waals surface area contributed by atoms with Crippen LogP contribution >= 0.6 is 0 Å². The van der Waals surface area contributed by atoms with Gasteiger partial charge in [0, 0.05) is 6.42 Å². The molecule has 3 heteroatoms. The van der Waals surface area contributed by atoms with Gasteiger partial charge in [0.2, 0.25) is 0 Å². The molecule has 0 fully saturated rings. The summed E-state index contributed by atoms with van der Waals surface area (Å²) in [6.45, 7) is 17.0. The highest BCUT2D eigenvalue weighted by Gasteiger charge is 2.39. The van der Waals surface area contributed by atoms with Crippen LogP contribution in [0.2, 0.25) is 18.1 Å². The van der Waals surface area contributed by atoms with Crippen LogP contribution < -0.4 is 0 Å². The van der Waals surface area contributed by atoms with Crippen molar-refractivity contribution in [2.45, 2.75) is 64.5 Å². The summed E-state index contributed by atoms with van der Waals surface area (Å²) >= 11 is 0. The Bertz CT molecular complexity index is 462. The van der Waals surface area contributed by atoms with Gasteiger partial charge in [-0.1, -0.05) is 64.1 Å². The van der Waals surface area contributed by atoms with Crippen LogP contribution in [-0.4, -0.2) is 19.5 Å². The molecule has 0 radical (unpaired) electrons. The first kappa shape index (κ1) is 19.1. The van der Waals surface area contributed by atoms with Crippen LogP contribution in [0.25, 0.3) is 0 Å². The molecule has 0 saturated carbocycles. The molecule has 0 aliphatic rings. The summed E-state index contributed by atoms with van der Waals surface area (Å²) in [6.07, 6.45) is 1.90. The zero-order valence-electron chi connectivity index (χ0n) is 15.0. The van der Waals surface area contributed by atoms with Crippen molar-refractivity contribution in [2.75, 3.05) is 0 Å². The topological polar surface area (TPSA) is 29.5 Å². The number of hydrogen-bond donors (Lipinski definition) is 1. The van der Waals surface area contributed by atoms with E-state index in [9.17, 15) is 5.11 Å². The van der Waals surface area contributed by atoms with Crippen molar-refractivity contribution in [1.29, 1.82) is 0 Å². The minimum absolute atomic E-state index is 0.0641. The third-order valence-corrected chi connectivity index (χ3v) is 9.33. The number of hydrogen-bond acceptors (Lipinski definition) is 2. The van der Waals surface area contributed by atoms with Crippen LogP contribution in [0.15, 0.2) is 43.0 Å². The van der Waals surface area contributed by atoms with E-state index in [1.807, 2.05) is 25.1 Å². The summed E-state index contributed by atoms with van der Waals surface area (Å²) in [6, 6.07) is 10.2.